The lowest BCUT2D eigenvalue weighted by Crippen LogP contribution is -2.44. The van der Waals surface area contributed by atoms with Crippen LogP contribution in [0, 0.1) is 0 Å². The molecule has 4 rings (SSSR count). The molecule has 0 N–H and O–H groups in total. The molecule has 0 aromatic carbocycles. The highest BCUT2D eigenvalue weighted by Gasteiger charge is 2.39. The highest BCUT2D eigenvalue weighted by Crippen LogP contribution is 2.37. The first-order valence-electron chi connectivity index (χ1n) is 7.65. The molecule has 0 atom stereocenters. The molecule has 0 aliphatic carbocycles. The van der Waals surface area contributed by atoms with E-state index in [0.29, 0.717) is 15.8 Å². The van der Waals surface area contributed by atoms with Crippen molar-refractivity contribution in [2.75, 3.05) is 24.6 Å². The summed E-state index contributed by atoms with van der Waals surface area (Å²) in [5.74, 6) is 0.925. The minimum atomic E-state index is 0.115. The van der Waals surface area contributed by atoms with Crippen LogP contribution in [0.25, 0.3) is 11.0 Å². The number of piperidine rings is 1. The third-order valence-electron chi connectivity index (χ3n) is 4.91. The van der Waals surface area contributed by atoms with E-state index in [-0.39, 0.29) is 5.60 Å². The maximum Gasteiger partial charge on any atom is 0.206 e. The van der Waals surface area contributed by atoms with Gasteiger partial charge in [-0.05, 0) is 25.7 Å². The summed E-state index contributed by atoms with van der Waals surface area (Å²) in [5, 5.41) is 0.751. The number of hydrogen-bond acceptors (Lipinski definition) is 4. The van der Waals surface area contributed by atoms with Crippen molar-refractivity contribution in [2.45, 2.75) is 31.3 Å². The van der Waals surface area contributed by atoms with Gasteiger partial charge in [0.2, 0.25) is 5.95 Å². The van der Waals surface area contributed by atoms with E-state index in [4.69, 9.17) is 27.9 Å². The second-order valence-electron chi connectivity index (χ2n) is 6.20. The molecule has 4 heterocycles. The largest absolute Gasteiger partial charge is 0.375 e. The zero-order chi connectivity index (χ0) is 15.3. The number of fused-ring (bicyclic) bond motifs is 1. The fourth-order valence-electron chi connectivity index (χ4n) is 3.65. The number of pyridine rings is 1. The van der Waals surface area contributed by atoms with Crippen molar-refractivity contribution >= 4 is 40.2 Å². The summed E-state index contributed by atoms with van der Waals surface area (Å²) in [6, 6.07) is 1.81. The van der Waals surface area contributed by atoms with Crippen LogP contribution in [0.15, 0.2) is 6.07 Å². The summed E-state index contributed by atoms with van der Waals surface area (Å²) in [5.41, 5.74) is 1.74. The topological polar surface area (TPSA) is 43.2 Å². The van der Waals surface area contributed by atoms with E-state index in [1.807, 2.05) is 17.7 Å². The molecule has 0 bridgehead atoms. The maximum atomic E-state index is 6.18. The molecule has 2 aliphatic rings. The standard InChI is InChI=1S/C15H18Cl2N4O/c1-20-10-9-11(16)18-13(17)12(10)19-14(20)21-6-4-15(5-7-21)3-2-8-22-15/h9H,2-8H2,1H3. The lowest BCUT2D eigenvalue weighted by atomic mass is 9.89. The molecule has 0 unspecified atom stereocenters. The van der Waals surface area contributed by atoms with E-state index in [1.54, 1.807) is 0 Å². The summed E-state index contributed by atoms with van der Waals surface area (Å²) in [6.07, 6.45) is 4.49. The average Bonchev–Trinajstić information content (AvgIpc) is 3.07. The zero-order valence-corrected chi connectivity index (χ0v) is 14.0. The number of halogens is 2. The fourth-order valence-corrected chi connectivity index (χ4v) is 4.12. The molecule has 22 heavy (non-hydrogen) atoms. The Morgan fingerprint density at radius 2 is 1.95 bits per heavy atom. The summed E-state index contributed by atoms with van der Waals surface area (Å²) in [4.78, 5) is 11.1. The van der Waals surface area contributed by atoms with Crippen molar-refractivity contribution in [1.82, 2.24) is 14.5 Å². The van der Waals surface area contributed by atoms with E-state index in [9.17, 15) is 0 Å². The van der Waals surface area contributed by atoms with Crippen molar-refractivity contribution in [3.63, 3.8) is 0 Å². The van der Waals surface area contributed by atoms with Gasteiger partial charge >= 0.3 is 0 Å². The van der Waals surface area contributed by atoms with Gasteiger partial charge in [-0.3, -0.25) is 0 Å². The van der Waals surface area contributed by atoms with E-state index in [0.717, 1.165) is 44.0 Å². The highest BCUT2D eigenvalue weighted by atomic mass is 35.5. The molecule has 2 fully saturated rings. The van der Waals surface area contributed by atoms with Gasteiger partial charge in [-0.1, -0.05) is 23.2 Å². The van der Waals surface area contributed by atoms with Crippen LogP contribution in [-0.2, 0) is 11.8 Å². The minimum absolute atomic E-state index is 0.115. The molecule has 0 radical (unpaired) electrons. The SMILES string of the molecule is Cn1c(N2CCC3(CCCO3)CC2)nc2c(Cl)nc(Cl)cc21. The highest BCUT2D eigenvalue weighted by molar-refractivity contribution is 6.36. The van der Waals surface area contributed by atoms with Crippen LogP contribution in [0.4, 0.5) is 5.95 Å². The minimum Gasteiger partial charge on any atom is -0.375 e. The van der Waals surface area contributed by atoms with Crippen LogP contribution in [0.5, 0.6) is 0 Å². The second kappa shape index (κ2) is 5.25. The van der Waals surface area contributed by atoms with Gasteiger partial charge in [0.05, 0.1) is 11.1 Å². The molecular weight excluding hydrogens is 323 g/mol. The monoisotopic (exact) mass is 340 g/mol. The third-order valence-corrected chi connectivity index (χ3v) is 5.37. The predicted molar refractivity (Wildman–Crippen MR) is 87.9 cm³/mol. The van der Waals surface area contributed by atoms with Gasteiger partial charge in [0, 0.05) is 32.8 Å². The second-order valence-corrected chi connectivity index (χ2v) is 6.94. The smallest absolute Gasteiger partial charge is 0.206 e. The van der Waals surface area contributed by atoms with Gasteiger partial charge in [0.1, 0.15) is 10.7 Å². The van der Waals surface area contributed by atoms with Crippen LogP contribution < -0.4 is 4.90 Å². The van der Waals surface area contributed by atoms with Crippen LogP contribution >= 0.6 is 23.2 Å². The lowest BCUT2D eigenvalue weighted by molar-refractivity contribution is -0.0148. The van der Waals surface area contributed by atoms with Crippen LogP contribution in [0.2, 0.25) is 10.3 Å². The summed E-state index contributed by atoms with van der Waals surface area (Å²) in [6.45, 7) is 2.82. The fraction of sp³-hybridized carbons (Fsp3) is 0.600. The molecule has 2 aliphatic heterocycles. The number of nitrogens with zero attached hydrogens (tertiary/aromatic N) is 4. The molecule has 2 aromatic heterocycles. The van der Waals surface area contributed by atoms with Crippen molar-refractivity contribution in [3.8, 4) is 0 Å². The van der Waals surface area contributed by atoms with Gasteiger partial charge in [-0.2, -0.15) is 0 Å². The molecule has 7 heteroatoms. The van der Waals surface area contributed by atoms with Crippen molar-refractivity contribution in [1.29, 1.82) is 0 Å². The van der Waals surface area contributed by atoms with Gasteiger partial charge in [-0.15, -0.1) is 0 Å². The summed E-state index contributed by atoms with van der Waals surface area (Å²) in [7, 11) is 1.99. The number of aromatic nitrogens is 3. The van der Waals surface area contributed by atoms with E-state index in [1.165, 1.54) is 12.8 Å². The molecule has 1 spiro atoms. The van der Waals surface area contributed by atoms with E-state index < -0.39 is 0 Å². The Kier molecular flexibility index (Phi) is 3.47. The molecule has 0 saturated carbocycles. The Morgan fingerprint density at radius 3 is 2.64 bits per heavy atom. The molecule has 118 valence electrons. The quantitative estimate of drug-likeness (QED) is 0.746. The van der Waals surface area contributed by atoms with Crippen LogP contribution in [0.1, 0.15) is 25.7 Å². The van der Waals surface area contributed by atoms with E-state index >= 15 is 0 Å². The first-order chi connectivity index (χ1) is 10.6. The molecule has 0 amide bonds. The average molecular weight is 341 g/mol. The van der Waals surface area contributed by atoms with Crippen molar-refractivity contribution < 1.29 is 4.74 Å². The van der Waals surface area contributed by atoms with Crippen LogP contribution in [0.3, 0.4) is 0 Å². The summed E-state index contributed by atoms with van der Waals surface area (Å²) >= 11 is 12.2. The number of ether oxygens (including phenoxy) is 1. The Bertz CT molecular complexity index is 714. The normalized spacial score (nSPS) is 21.1. The first kappa shape index (κ1) is 14.5. The zero-order valence-electron chi connectivity index (χ0n) is 12.5. The Hall–Kier alpha value is -1.04. The first-order valence-corrected chi connectivity index (χ1v) is 8.41. The van der Waals surface area contributed by atoms with Crippen molar-refractivity contribution in [3.05, 3.63) is 16.4 Å². The maximum absolute atomic E-state index is 6.18. The Labute approximate surface area is 139 Å². The number of imidazole rings is 1. The molecule has 2 saturated heterocycles. The van der Waals surface area contributed by atoms with Gasteiger partial charge in [-0.25, -0.2) is 9.97 Å². The number of rotatable bonds is 1. The Morgan fingerprint density at radius 1 is 1.18 bits per heavy atom. The summed E-state index contributed by atoms with van der Waals surface area (Å²) < 4.78 is 8.03. The molecule has 5 nitrogen and oxygen atoms in total. The number of aryl methyl sites for hydroxylation is 1. The van der Waals surface area contributed by atoms with Crippen LogP contribution in [-0.4, -0.2) is 39.8 Å². The molecular formula is C15H18Cl2N4O. The Balaban J connectivity index is 1.65. The lowest BCUT2D eigenvalue weighted by Gasteiger charge is -2.38. The van der Waals surface area contributed by atoms with Crippen molar-refractivity contribution in [2.24, 2.45) is 7.05 Å². The molecule has 2 aromatic rings. The predicted octanol–water partition coefficient (Wildman–Crippen LogP) is 3.42. The van der Waals surface area contributed by atoms with E-state index in [2.05, 4.69) is 14.9 Å². The van der Waals surface area contributed by atoms with Gasteiger partial charge in [0.25, 0.3) is 0 Å². The van der Waals surface area contributed by atoms with Gasteiger partial charge in [0.15, 0.2) is 5.15 Å². The third kappa shape index (κ3) is 2.27. The van der Waals surface area contributed by atoms with Gasteiger partial charge < -0.3 is 14.2 Å². The number of hydrogen-bond donors (Lipinski definition) is 0. The number of anilines is 1.